The molecule has 2 aromatic rings. The fourth-order valence-corrected chi connectivity index (χ4v) is 10.2. The zero-order valence-electron chi connectivity index (χ0n) is 49.7. The molecule has 2 aromatic carbocycles. The summed E-state index contributed by atoms with van der Waals surface area (Å²) in [5.74, 6) is -4.32. The first-order chi connectivity index (χ1) is 37.7. The monoisotopic (exact) mass is 1120 g/mol. The van der Waals surface area contributed by atoms with Crippen molar-refractivity contribution < 1.29 is 57.7 Å². The number of benzene rings is 2. The summed E-state index contributed by atoms with van der Waals surface area (Å²) in [5.41, 5.74) is 12.8. The third-order valence-electron chi connectivity index (χ3n) is 15.3. The Labute approximate surface area is 473 Å². The van der Waals surface area contributed by atoms with Gasteiger partial charge < -0.3 is 67.2 Å². The maximum absolute atomic E-state index is 14.7. The number of hydrogen-bond donors (Lipinski definition) is 8. The maximum atomic E-state index is 14.7. The van der Waals surface area contributed by atoms with Crippen LogP contribution in [0, 0.1) is 29.6 Å². The van der Waals surface area contributed by atoms with Crippen molar-refractivity contribution in [3.8, 4) is 0 Å². The van der Waals surface area contributed by atoms with Gasteiger partial charge in [-0.1, -0.05) is 111 Å². The van der Waals surface area contributed by atoms with Gasteiger partial charge in [0.2, 0.25) is 35.4 Å². The molecule has 1 aliphatic rings. The normalized spacial score (nSPS) is 17.6. The Hall–Kier alpha value is -6.36. The number of carbonyl (C=O) groups is 8. The van der Waals surface area contributed by atoms with Gasteiger partial charge in [-0.25, -0.2) is 9.59 Å². The second-order valence-corrected chi connectivity index (χ2v) is 22.3. The van der Waals surface area contributed by atoms with E-state index in [-0.39, 0.29) is 49.6 Å². The van der Waals surface area contributed by atoms with Crippen LogP contribution in [0.25, 0.3) is 0 Å². The summed E-state index contributed by atoms with van der Waals surface area (Å²) in [7, 11) is 6.12. The molecule has 1 aliphatic heterocycles. The topological polar surface area (TPSA) is 306 Å². The number of rotatable bonds is 31. The number of likely N-dealkylation sites (tertiary alicyclic amines) is 1. The largest absolute Gasteiger partial charge is 0.445 e. The van der Waals surface area contributed by atoms with Crippen LogP contribution in [0.3, 0.4) is 0 Å². The van der Waals surface area contributed by atoms with E-state index >= 15 is 0 Å². The lowest BCUT2D eigenvalue weighted by Crippen LogP contribution is -2.60. The average molecular weight is 1120 g/mol. The minimum atomic E-state index is -1.05. The molecule has 0 spiro atoms. The van der Waals surface area contributed by atoms with Crippen molar-refractivity contribution in [2.24, 2.45) is 41.1 Å². The molecule has 1 fully saturated rings. The molecule has 0 radical (unpaired) electrons. The number of nitrogens with zero attached hydrogens (tertiary/aromatic N) is 3. The highest BCUT2D eigenvalue weighted by molar-refractivity contribution is 5.98. The Kier molecular flexibility index (Phi) is 27.8. The molecule has 0 saturated carbocycles. The molecule has 3 rings (SSSR count). The van der Waals surface area contributed by atoms with Gasteiger partial charge >= 0.3 is 12.1 Å². The van der Waals surface area contributed by atoms with Crippen LogP contribution in [0.2, 0.25) is 0 Å². The smallest absolute Gasteiger partial charge is 0.410 e. The Morgan fingerprint density at radius 3 is 1.96 bits per heavy atom. The molecule has 22 nitrogen and oxygen atoms in total. The minimum Gasteiger partial charge on any atom is -0.445 e. The molecule has 0 aromatic heterocycles. The van der Waals surface area contributed by atoms with Crippen molar-refractivity contribution in [1.82, 2.24) is 36.0 Å². The number of likely N-dealkylation sites (N-methyl/N-ethyl adjacent to an activating group) is 2. The lowest BCUT2D eigenvalue weighted by atomic mass is 9.89. The molecule has 12 atom stereocenters. The summed E-state index contributed by atoms with van der Waals surface area (Å²) >= 11 is 0. The van der Waals surface area contributed by atoms with E-state index in [1.807, 2.05) is 45.9 Å². The predicted octanol–water partition coefficient (Wildman–Crippen LogP) is 4.43. The van der Waals surface area contributed by atoms with Crippen molar-refractivity contribution in [3.63, 3.8) is 0 Å². The molecule has 2 unspecified atom stereocenters. The Morgan fingerprint density at radius 1 is 0.775 bits per heavy atom. The zero-order chi connectivity index (χ0) is 60.1. The van der Waals surface area contributed by atoms with Crippen molar-refractivity contribution in [2.75, 3.05) is 46.7 Å². The molecule has 1 heterocycles. The second kappa shape index (κ2) is 32.8. The van der Waals surface area contributed by atoms with Crippen molar-refractivity contribution in [3.05, 3.63) is 65.7 Å². The van der Waals surface area contributed by atoms with Crippen molar-refractivity contribution in [2.45, 2.75) is 175 Å². The van der Waals surface area contributed by atoms with E-state index in [9.17, 15) is 43.5 Å². The van der Waals surface area contributed by atoms with Crippen LogP contribution < -0.4 is 38.1 Å². The van der Waals surface area contributed by atoms with E-state index < -0.39 is 114 Å². The lowest BCUT2D eigenvalue weighted by molar-refractivity contribution is -0.148. The first-order valence-corrected chi connectivity index (χ1v) is 28.0. The number of nitrogens with two attached hydrogens (primary N) is 2. The van der Waals surface area contributed by atoms with Crippen LogP contribution in [0.1, 0.15) is 125 Å². The fourth-order valence-electron chi connectivity index (χ4n) is 10.2. The number of ether oxygens (including phenoxy) is 3. The summed E-state index contributed by atoms with van der Waals surface area (Å²) in [6, 6.07) is 9.37. The SMILES string of the molecule is CC[C@H](C)[C@@H]([C@@H](CC(=O)N1CCC[C@H]1C(OC)[C@@H](C)C(=O)N[C@H](C)[C@H](O)c1ccccc1)OC)N(C)C(=O)[C@@H](NC(=O)C(C(C)C)N(C)C(=O)OCc1ccc(NC(=O)[C@H](CCCNC(N)=O)NC(=O)[C@@H](N)C(C)C)cc1)C(C)C. The summed E-state index contributed by atoms with van der Waals surface area (Å²) in [4.78, 5) is 112. The van der Waals surface area contributed by atoms with E-state index in [0.29, 0.717) is 49.0 Å². The molecule has 0 aliphatic carbocycles. The maximum Gasteiger partial charge on any atom is 0.410 e. The summed E-state index contributed by atoms with van der Waals surface area (Å²) in [5, 5.41) is 24.8. The van der Waals surface area contributed by atoms with E-state index in [1.54, 1.807) is 94.8 Å². The number of carbonyl (C=O) groups excluding carboxylic acids is 8. The molecule has 9 amide bonds. The summed E-state index contributed by atoms with van der Waals surface area (Å²) in [6.45, 7) is 18.7. The summed E-state index contributed by atoms with van der Waals surface area (Å²) < 4.78 is 17.7. The van der Waals surface area contributed by atoms with Gasteiger partial charge in [0, 0.05) is 47.1 Å². The Balaban J connectivity index is 1.70. The number of urea groups is 1. The highest BCUT2D eigenvalue weighted by Crippen LogP contribution is 2.30. The van der Waals surface area contributed by atoms with Gasteiger partial charge in [0.15, 0.2) is 0 Å². The van der Waals surface area contributed by atoms with Gasteiger partial charge in [0.25, 0.3) is 0 Å². The molecule has 10 N–H and O–H groups in total. The molecular weight excluding hydrogens is 1030 g/mol. The molecule has 22 heteroatoms. The number of aliphatic hydroxyl groups is 1. The number of aliphatic hydroxyl groups excluding tert-OH is 1. The number of methoxy groups -OCH3 is 2. The van der Waals surface area contributed by atoms with Crippen molar-refractivity contribution >= 4 is 53.3 Å². The van der Waals surface area contributed by atoms with Gasteiger partial charge in [-0.2, -0.15) is 0 Å². The number of anilines is 1. The average Bonchev–Trinajstić information content (AvgIpc) is 3.91. The Morgan fingerprint density at radius 2 is 1.41 bits per heavy atom. The predicted molar refractivity (Wildman–Crippen MR) is 305 cm³/mol. The lowest BCUT2D eigenvalue weighted by Gasteiger charge is -2.41. The highest BCUT2D eigenvalue weighted by Gasteiger charge is 2.44. The van der Waals surface area contributed by atoms with E-state index in [2.05, 4.69) is 26.6 Å². The van der Waals surface area contributed by atoms with Gasteiger partial charge in [-0.3, -0.25) is 33.7 Å². The Bertz CT molecular complexity index is 2320. The molecule has 448 valence electrons. The van der Waals surface area contributed by atoms with Gasteiger partial charge in [0.05, 0.1) is 54.8 Å². The van der Waals surface area contributed by atoms with Crippen molar-refractivity contribution in [1.29, 1.82) is 0 Å². The van der Waals surface area contributed by atoms with Crippen LogP contribution in [-0.2, 0) is 49.6 Å². The number of primary amides is 1. The van der Waals surface area contributed by atoms with Gasteiger partial charge in [-0.15, -0.1) is 0 Å². The van der Waals surface area contributed by atoms with Gasteiger partial charge in [0.1, 0.15) is 24.7 Å². The molecule has 80 heavy (non-hydrogen) atoms. The number of amides is 9. The summed E-state index contributed by atoms with van der Waals surface area (Å²) in [6.07, 6.45) is -0.736. The van der Waals surface area contributed by atoms with Gasteiger partial charge in [-0.05, 0) is 79.5 Å². The fraction of sp³-hybridized carbons (Fsp3) is 0.655. The van der Waals surface area contributed by atoms with Crippen LogP contribution >= 0.6 is 0 Å². The first-order valence-electron chi connectivity index (χ1n) is 28.0. The van der Waals surface area contributed by atoms with Crippen LogP contribution in [0.5, 0.6) is 0 Å². The van der Waals surface area contributed by atoms with E-state index in [1.165, 1.54) is 26.2 Å². The zero-order valence-corrected chi connectivity index (χ0v) is 49.7. The van der Waals surface area contributed by atoms with E-state index in [0.717, 1.165) is 0 Å². The molecule has 0 bridgehead atoms. The van der Waals surface area contributed by atoms with E-state index in [4.69, 9.17) is 25.7 Å². The highest BCUT2D eigenvalue weighted by atomic mass is 16.6. The van der Waals surface area contributed by atoms with Crippen LogP contribution in [-0.4, -0.2) is 163 Å². The number of hydrogen-bond acceptors (Lipinski definition) is 13. The number of nitrogens with one attached hydrogen (secondary N) is 5. The molecular formula is C58H94N10O12. The molecule has 1 saturated heterocycles. The quantitative estimate of drug-likeness (QED) is 0.0485. The third kappa shape index (κ3) is 19.4. The van der Waals surface area contributed by atoms with Crippen LogP contribution in [0.15, 0.2) is 54.6 Å². The second-order valence-electron chi connectivity index (χ2n) is 22.3. The third-order valence-corrected chi connectivity index (χ3v) is 15.3. The minimum absolute atomic E-state index is 0.0747. The van der Waals surface area contributed by atoms with Crippen LogP contribution in [0.4, 0.5) is 15.3 Å². The first kappa shape index (κ1) is 67.9. The standard InChI is InChI=1S/C58H94N10O12/c1-15-36(8)49(44(78-13)31-45(69)68-30-20-24-43(68)51(79-14)37(9)52(71)62-38(10)50(70)40-21-17-16-18-22-40)66(11)56(75)47(34(4)5)65-55(74)48(35(6)7)67(12)58(77)80-32-39-25-27-41(28-26-39)63-53(72)42(23-19-29-61-57(60)76)64-54(73)46(59)33(2)3/h16-18,21-22,25-28,33-38,42-44,46-51,70H,15,19-20,23-24,29-32,59H2,1-14H3,(H,62,71)(H,63,72)(H,64,73)(H,65,74)(H3,60,61,76)/t36-,37+,38+,42-,43-,44+,46-,47-,48?,49-,50-,51?/m0/s1.